The van der Waals surface area contributed by atoms with Crippen LogP contribution in [0.15, 0.2) is 41.6 Å². The molecule has 3 N–H and O–H groups in total. The van der Waals surface area contributed by atoms with Gasteiger partial charge in [0.2, 0.25) is 5.95 Å². The Hall–Kier alpha value is -2.63. The average molecular weight is 601 g/mol. The van der Waals surface area contributed by atoms with Gasteiger partial charge in [-0.3, -0.25) is 4.72 Å². The van der Waals surface area contributed by atoms with Gasteiger partial charge in [-0.2, -0.15) is 4.98 Å². The fourth-order valence-corrected chi connectivity index (χ4v) is 7.12. The first-order valence-electron chi connectivity index (χ1n) is 14.7. The molecule has 0 aromatic carbocycles. The summed E-state index contributed by atoms with van der Waals surface area (Å²) in [6.45, 7) is 12.3. The number of nitrogens with zero attached hydrogens (tertiary/aromatic N) is 3. The van der Waals surface area contributed by atoms with E-state index in [2.05, 4.69) is 45.8 Å². The highest BCUT2D eigenvalue weighted by Gasteiger charge is 2.24. The van der Waals surface area contributed by atoms with Crippen LogP contribution in [0.1, 0.15) is 77.8 Å². The Balaban J connectivity index is 1.63. The largest absolute Gasteiger partial charge is 0.478 e. The minimum absolute atomic E-state index is 0.0760. The SMILES string of the molecule is C=C(C)S/C(=C(/Oc1ccc(NS(=O)C2CCCCC2)nc1OC)C(C)CC)c1ccnc(NC2CCCNC2)n1. The number of rotatable bonds is 13. The van der Waals surface area contributed by atoms with Gasteiger partial charge in [-0.15, -0.1) is 0 Å². The lowest BCUT2D eigenvalue weighted by molar-refractivity contribution is 0.320. The second-order valence-corrected chi connectivity index (χ2v) is 13.5. The molecule has 3 atom stereocenters. The average Bonchev–Trinajstić information content (AvgIpc) is 3.00. The van der Waals surface area contributed by atoms with Crippen molar-refractivity contribution in [3.63, 3.8) is 0 Å². The summed E-state index contributed by atoms with van der Waals surface area (Å²) in [5, 5.41) is 7.06. The third-order valence-corrected chi connectivity index (χ3v) is 9.83. The number of aromatic nitrogens is 3. The smallest absolute Gasteiger partial charge is 0.259 e. The van der Waals surface area contributed by atoms with Crippen LogP contribution in [0.2, 0.25) is 0 Å². The Bertz CT molecular complexity index is 1230. The van der Waals surface area contributed by atoms with Crippen LogP contribution < -0.4 is 24.8 Å². The van der Waals surface area contributed by atoms with Gasteiger partial charge in [0.05, 0.1) is 23.0 Å². The van der Waals surface area contributed by atoms with E-state index >= 15 is 0 Å². The molecular formula is C30H44N6O3S2. The third kappa shape index (κ3) is 8.93. The summed E-state index contributed by atoms with van der Waals surface area (Å²) in [4.78, 5) is 15.8. The van der Waals surface area contributed by atoms with Crippen LogP contribution in [0.3, 0.4) is 0 Å². The lowest BCUT2D eigenvalue weighted by atomic mass is 10.0. The normalized spacial score (nSPS) is 20.0. The summed E-state index contributed by atoms with van der Waals surface area (Å²) >= 11 is 1.54. The van der Waals surface area contributed by atoms with E-state index in [0.717, 1.165) is 79.3 Å². The van der Waals surface area contributed by atoms with Crippen molar-refractivity contribution in [3.8, 4) is 11.6 Å². The van der Waals surface area contributed by atoms with Crippen molar-refractivity contribution in [1.29, 1.82) is 0 Å². The summed E-state index contributed by atoms with van der Waals surface area (Å²) in [6.07, 6.45) is 10.3. The molecule has 2 aromatic rings. The first-order chi connectivity index (χ1) is 19.9. The van der Waals surface area contributed by atoms with Crippen LogP contribution in [0.4, 0.5) is 11.8 Å². The van der Waals surface area contributed by atoms with Crippen molar-refractivity contribution < 1.29 is 13.7 Å². The minimum Gasteiger partial charge on any atom is -0.478 e. The lowest BCUT2D eigenvalue weighted by Gasteiger charge is -2.24. The standard InChI is InChI=1S/C30H44N6O3S2/c1-6-21(4)27(28(40-20(2)3)24-16-18-32-30(34-24)33-22-11-10-17-31-19-22)39-25-14-15-26(35-29(25)38-5)36-41(37)23-12-8-7-9-13-23/h14-16,18,21-23,31H,2,6-13,17,19H2,1,3-5H3,(H,35,36)(H,32,33,34)/b28-27+. The van der Waals surface area contributed by atoms with Gasteiger partial charge < -0.3 is 20.1 Å². The van der Waals surface area contributed by atoms with Crippen LogP contribution in [-0.2, 0) is 11.0 Å². The van der Waals surface area contributed by atoms with Crippen LogP contribution in [-0.4, -0.2) is 50.7 Å². The van der Waals surface area contributed by atoms with Crippen LogP contribution >= 0.6 is 11.8 Å². The number of hydrogen-bond donors (Lipinski definition) is 3. The predicted molar refractivity (Wildman–Crippen MR) is 170 cm³/mol. The first-order valence-corrected chi connectivity index (χ1v) is 16.7. The van der Waals surface area contributed by atoms with Crippen molar-refractivity contribution in [2.75, 3.05) is 30.2 Å². The molecule has 0 spiro atoms. The molecule has 3 unspecified atom stereocenters. The van der Waals surface area contributed by atoms with E-state index in [0.29, 0.717) is 29.4 Å². The second kappa shape index (κ2) is 15.6. The summed E-state index contributed by atoms with van der Waals surface area (Å²) in [7, 11) is 0.372. The summed E-state index contributed by atoms with van der Waals surface area (Å²) in [6, 6.07) is 5.81. The van der Waals surface area contributed by atoms with Crippen molar-refractivity contribution >= 4 is 39.4 Å². The molecule has 2 fully saturated rings. The molecule has 41 heavy (non-hydrogen) atoms. The molecule has 11 heteroatoms. The topological polar surface area (TPSA) is 110 Å². The highest BCUT2D eigenvalue weighted by atomic mass is 32.2. The Labute approximate surface area is 251 Å². The number of thioether (sulfide) groups is 1. The predicted octanol–water partition coefficient (Wildman–Crippen LogP) is 6.51. The molecule has 9 nitrogen and oxygen atoms in total. The highest BCUT2D eigenvalue weighted by molar-refractivity contribution is 8.11. The van der Waals surface area contributed by atoms with Crippen molar-refractivity contribution in [2.45, 2.75) is 83.4 Å². The monoisotopic (exact) mass is 600 g/mol. The number of anilines is 2. The Morgan fingerprint density at radius 3 is 2.68 bits per heavy atom. The van der Waals surface area contributed by atoms with Crippen LogP contribution in [0, 0.1) is 5.92 Å². The van der Waals surface area contributed by atoms with Gasteiger partial charge in [-0.05, 0) is 68.7 Å². The lowest BCUT2D eigenvalue weighted by Crippen LogP contribution is -2.38. The summed E-state index contributed by atoms with van der Waals surface area (Å²) in [5.41, 5.74) is 0.766. The molecule has 0 bridgehead atoms. The maximum atomic E-state index is 12.9. The second-order valence-electron chi connectivity index (χ2n) is 10.7. The molecule has 0 radical (unpaired) electrons. The summed E-state index contributed by atoms with van der Waals surface area (Å²) < 4.78 is 28.2. The highest BCUT2D eigenvalue weighted by Crippen LogP contribution is 2.40. The van der Waals surface area contributed by atoms with Gasteiger partial charge in [0.15, 0.2) is 5.75 Å². The zero-order valence-corrected chi connectivity index (χ0v) is 26.3. The quantitative estimate of drug-likeness (QED) is 0.222. The molecule has 1 saturated carbocycles. The van der Waals surface area contributed by atoms with E-state index < -0.39 is 11.0 Å². The number of ether oxygens (including phenoxy) is 2. The van der Waals surface area contributed by atoms with Crippen LogP contribution in [0.5, 0.6) is 11.6 Å². The van der Waals surface area contributed by atoms with Crippen molar-refractivity contribution in [1.82, 2.24) is 20.3 Å². The van der Waals surface area contributed by atoms with E-state index in [4.69, 9.17) is 14.5 Å². The Morgan fingerprint density at radius 1 is 1.20 bits per heavy atom. The molecule has 0 amide bonds. The van der Waals surface area contributed by atoms with E-state index in [1.54, 1.807) is 19.4 Å². The zero-order chi connectivity index (χ0) is 29.2. The molecule has 2 aromatic heterocycles. The number of pyridine rings is 1. The molecule has 1 aliphatic carbocycles. The maximum Gasteiger partial charge on any atom is 0.259 e. The minimum atomic E-state index is -1.19. The number of methoxy groups -OCH3 is 1. The zero-order valence-electron chi connectivity index (χ0n) is 24.7. The number of allylic oxidation sites excluding steroid dienone is 2. The van der Waals surface area contributed by atoms with Gasteiger partial charge in [-0.1, -0.05) is 51.5 Å². The molecule has 3 heterocycles. The van der Waals surface area contributed by atoms with Crippen molar-refractivity contribution in [3.05, 3.63) is 47.3 Å². The van der Waals surface area contributed by atoms with E-state index in [1.807, 2.05) is 19.1 Å². The van der Waals surface area contributed by atoms with E-state index in [9.17, 15) is 4.21 Å². The maximum absolute atomic E-state index is 12.9. The van der Waals surface area contributed by atoms with Crippen molar-refractivity contribution in [2.24, 2.45) is 5.92 Å². The number of piperidine rings is 1. The molecule has 2 aliphatic rings. The van der Waals surface area contributed by atoms with Gasteiger partial charge >= 0.3 is 0 Å². The van der Waals surface area contributed by atoms with E-state index in [-0.39, 0.29) is 11.2 Å². The first kappa shape index (κ1) is 31.3. The Kier molecular flexibility index (Phi) is 11.9. The van der Waals surface area contributed by atoms with Gasteiger partial charge in [0.1, 0.15) is 22.6 Å². The number of nitrogens with one attached hydrogen (secondary N) is 3. The fourth-order valence-electron chi connectivity index (χ4n) is 4.96. The molecule has 4 rings (SSSR count). The Morgan fingerprint density at radius 2 is 2.00 bits per heavy atom. The summed E-state index contributed by atoms with van der Waals surface area (Å²) in [5.74, 6) is 2.75. The molecule has 224 valence electrons. The third-order valence-electron chi connectivity index (χ3n) is 7.38. The molecular weight excluding hydrogens is 557 g/mol. The molecule has 1 aliphatic heterocycles. The van der Waals surface area contributed by atoms with Crippen LogP contribution in [0.25, 0.3) is 4.91 Å². The number of hydrogen-bond acceptors (Lipinski definition) is 9. The van der Waals surface area contributed by atoms with Gasteiger partial charge in [0, 0.05) is 24.7 Å². The van der Waals surface area contributed by atoms with Gasteiger partial charge in [0.25, 0.3) is 5.88 Å². The molecule has 1 saturated heterocycles. The van der Waals surface area contributed by atoms with Gasteiger partial charge in [-0.25, -0.2) is 14.2 Å². The van der Waals surface area contributed by atoms with E-state index in [1.165, 1.54) is 18.2 Å². The fraction of sp³-hybridized carbons (Fsp3) is 0.567.